The van der Waals surface area contributed by atoms with Gasteiger partial charge in [0.1, 0.15) is 6.04 Å². The topological polar surface area (TPSA) is 73.4 Å². The third kappa shape index (κ3) is 4.48. The molecule has 5 nitrogen and oxygen atoms in total. The Morgan fingerprint density at radius 2 is 1.77 bits per heavy atom. The number of amides is 1. The summed E-state index contributed by atoms with van der Waals surface area (Å²) in [5.74, 6) is -0.295. The SMILES string of the molecule is N#Cc1ccc(CN2CCCN([C@@H](C(N)=O)c3ccccc3)CC2)cc1. The molecule has 1 aliphatic rings. The average Bonchev–Trinajstić information content (AvgIpc) is 2.89. The van der Waals surface area contributed by atoms with Crippen LogP contribution in [0.3, 0.4) is 0 Å². The minimum absolute atomic E-state index is 0.295. The van der Waals surface area contributed by atoms with E-state index in [1.54, 1.807) is 0 Å². The highest BCUT2D eigenvalue weighted by Gasteiger charge is 2.27. The molecule has 5 heteroatoms. The van der Waals surface area contributed by atoms with Crippen molar-refractivity contribution in [1.82, 2.24) is 9.80 Å². The number of carbonyl (C=O) groups excluding carboxylic acids is 1. The van der Waals surface area contributed by atoms with Gasteiger partial charge in [0.15, 0.2) is 0 Å². The molecule has 0 radical (unpaired) electrons. The predicted molar refractivity (Wildman–Crippen MR) is 101 cm³/mol. The molecule has 0 bridgehead atoms. The second kappa shape index (κ2) is 8.61. The van der Waals surface area contributed by atoms with E-state index in [1.165, 1.54) is 5.56 Å². The lowest BCUT2D eigenvalue weighted by Crippen LogP contribution is -2.40. The first kappa shape index (κ1) is 18.1. The van der Waals surface area contributed by atoms with Gasteiger partial charge < -0.3 is 5.73 Å². The number of benzene rings is 2. The van der Waals surface area contributed by atoms with Crippen LogP contribution in [0, 0.1) is 11.3 Å². The number of rotatable bonds is 5. The van der Waals surface area contributed by atoms with E-state index >= 15 is 0 Å². The van der Waals surface area contributed by atoms with Crippen molar-refractivity contribution in [3.8, 4) is 6.07 Å². The minimum atomic E-state index is -0.369. The molecule has 0 unspecified atom stereocenters. The first-order chi connectivity index (χ1) is 12.7. The standard InChI is InChI=1S/C21H24N4O/c22-15-17-7-9-18(10-8-17)16-24-11-4-12-25(14-13-24)20(21(23)26)19-5-2-1-3-6-19/h1-3,5-10,20H,4,11-14,16H2,(H2,23,26)/t20-/m1/s1. The Labute approximate surface area is 154 Å². The molecule has 0 saturated carbocycles. The van der Waals surface area contributed by atoms with Gasteiger partial charge in [0.25, 0.3) is 0 Å². The van der Waals surface area contributed by atoms with Crippen LogP contribution in [0.5, 0.6) is 0 Å². The maximum atomic E-state index is 12.1. The van der Waals surface area contributed by atoms with Gasteiger partial charge in [-0.25, -0.2) is 0 Å². The van der Waals surface area contributed by atoms with Gasteiger partial charge in [-0.2, -0.15) is 5.26 Å². The Balaban J connectivity index is 1.65. The number of nitrogens with zero attached hydrogens (tertiary/aromatic N) is 3. The van der Waals surface area contributed by atoms with Crippen LogP contribution in [0.15, 0.2) is 54.6 Å². The summed E-state index contributed by atoms with van der Waals surface area (Å²) >= 11 is 0. The van der Waals surface area contributed by atoms with Gasteiger partial charge in [-0.1, -0.05) is 42.5 Å². The quantitative estimate of drug-likeness (QED) is 0.900. The fraction of sp³-hybridized carbons (Fsp3) is 0.333. The fourth-order valence-corrected chi connectivity index (χ4v) is 3.54. The summed E-state index contributed by atoms with van der Waals surface area (Å²) in [5, 5.41) is 8.90. The molecule has 1 amide bonds. The zero-order chi connectivity index (χ0) is 18.4. The number of hydrogen-bond donors (Lipinski definition) is 1. The van der Waals surface area contributed by atoms with Crippen LogP contribution in [0.1, 0.15) is 29.2 Å². The summed E-state index contributed by atoms with van der Waals surface area (Å²) in [4.78, 5) is 16.7. The summed E-state index contributed by atoms with van der Waals surface area (Å²) in [6, 6.07) is 19.3. The van der Waals surface area contributed by atoms with E-state index in [1.807, 2.05) is 54.6 Å². The summed E-state index contributed by atoms with van der Waals surface area (Å²) in [6.07, 6.45) is 0.993. The van der Waals surface area contributed by atoms with Crippen molar-refractivity contribution in [2.75, 3.05) is 26.2 Å². The lowest BCUT2D eigenvalue weighted by molar-refractivity contribution is -0.123. The number of primary amides is 1. The lowest BCUT2D eigenvalue weighted by Gasteiger charge is -2.28. The number of hydrogen-bond acceptors (Lipinski definition) is 4. The minimum Gasteiger partial charge on any atom is -0.368 e. The molecule has 0 aromatic heterocycles. The molecule has 2 aromatic carbocycles. The molecular formula is C21H24N4O. The van der Waals surface area contributed by atoms with Crippen molar-refractivity contribution < 1.29 is 4.79 Å². The Morgan fingerprint density at radius 1 is 1.04 bits per heavy atom. The highest BCUT2D eigenvalue weighted by atomic mass is 16.1. The molecule has 1 heterocycles. The monoisotopic (exact) mass is 348 g/mol. The van der Waals surface area contributed by atoms with E-state index in [-0.39, 0.29) is 11.9 Å². The molecule has 0 spiro atoms. The average molecular weight is 348 g/mol. The normalized spacial score (nSPS) is 17.2. The van der Waals surface area contributed by atoms with Gasteiger partial charge >= 0.3 is 0 Å². The van der Waals surface area contributed by atoms with E-state index in [4.69, 9.17) is 11.0 Å². The molecular weight excluding hydrogens is 324 g/mol. The Morgan fingerprint density at radius 3 is 2.42 bits per heavy atom. The van der Waals surface area contributed by atoms with E-state index < -0.39 is 0 Å². The number of carbonyl (C=O) groups is 1. The second-order valence-electron chi connectivity index (χ2n) is 6.69. The maximum Gasteiger partial charge on any atom is 0.239 e. The molecule has 1 aliphatic heterocycles. The van der Waals surface area contributed by atoms with Gasteiger partial charge in [-0.15, -0.1) is 0 Å². The van der Waals surface area contributed by atoms with Crippen molar-refractivity contribution in [2.45, 2.75) is 19.0 Å². The van der Waals surface area contributed by atoms with Crippen LogP contribution in [0.25, 0.3) is 0 Å². The van der Waals surface area contributed by atoms with E-state index in [2.05, 4.69) is 15.9 Å². The van der Waals surface area contributed by atoms with Gasteiger partial charge in [0, 0.05) is 26.2 Å². The second-order valence-corrected chi connectivity index (χ2v) is 6.69. The van der Waals surface area contributed by atoms with Crippen molar-refractivity contribution in [1.29, 1.82) is 5.26 Å². The molecule has 1 atom stereocenters. The smallest absolute Gasteiger partial charge is 0.239 e. The molecule has 134 valence electrons. The summed E-state index contributed by atoms with van der Waals surface area (Å²) in [6.45, 7) is 4.38. The third-order valence-corrected chi connectivity index (χ3v) is 4.86. The highest BCUT2D eigenvalue weighted by molar-refractivity contribution is 5.81. The fourth-order valence-electron chi connectivity index (χ4n) is 3.54. The zero-order valence-electron chi connectivity index (χ0n) is 14.8. The molecule has 3 rings (SSSR count). The van der Waals surface area contributed by atoms with Crippen molar-refractivity contribution >= 4 is 5.91 Å². The first-order valence-electron chi connectivity index (χ1n) is 8.97. The lowest BCUT2D eigenvalue weighted by atomic mass is 10.0. The van der Waals surface area contributed by atoms with Crippen LogP contribution in [-0.2, 0) is 11.3 Å². The van der Waals surface area contributed by atoms with Gasteiger partial charge in [0.2, 0.25) is 5.91 Å². The number of nitrogens with two attached hydrogens (primary N) is 1. The predicted octanol–water partition coefficient (Wildman–Crippen LogP) is 2.29. The Kier molecular flexibility index (Phi) is 6.00. The molecule has 26 heavy (non-hydrogen) atoms. The largest absolute Gasteiger partial charge is 0.368 e. The zero-order valence-corrected chi connectivity index (χ0v) is 14.8. The van der Waals surface area contributed by atoms with E-state index in [0.29, 0.717) is 5.56 Å². The van der Waals surface area contributed by atoms with E-state index in [0.717, 1.165) is 44.7 Å². The summed E-state index contributed by atoms with van der Waals surface area (Å²) in [7, 11) is 0. The number of nitriles is 1. The van der Waals surface area contributed by atoms with Gasteiger partial charge in [-0.3, -0.25) is 14.6 Å². The van der Waals surface area contributed by atoms with Gasteiger partial charge in [-0.05, 0) is 36.2 Å². The van der Waals surface area contributed by atoms with Crippen LogP contribution in [-0.4, -0.2) is 41.9 Å². The van der Waals surface area contributed by atoms with Crippen molar-refractivity contribution in [2.24, 2.45) is 5.73 Å². The molecule has 2 aromatic rings. The first-order valence-corrected chi connectivity index (χ1v) is 8.97. The molecule has 0 aliphatic carbocycles. The Bertz CT molecular complexity index is 767. The highest BCUT2D eigenvalue weighted by Crippen LogP contribution is 2.22. The molecule has 2 N–H and O–H groups in total. The maximum absolute atomic E-state index is 12.1. The van der Waals surface area contributed by atoms with Crippen LogP contribution < -0.4 is 5.73 Å². The van der Waals surface area contributed by atoms with Gasteiger partial charge in [0.05, 0.1) is 11.6 Å². The van der Waals surface area contributed by atoms with Crippen LogP contribution in [0.2, 0.25) is 0 Å². The van der Waals surface area contributed by atoms with E-state index in [9.17, 15) is 4.79 Å². The van der Waals surface area contributed by atoms with Crippen LogP contribution in [0.4, 0.5) is 0 Å². The molecule has 1 saturated heterocycles. The Hall–Kier alpha value is -2.68. The summed E-state index contributed by atoms with van der Waals surface area (Å²) in [5.41, 5.74) is 8.56. The molecule has 1 fully saturated rings. The third-order valence-electron chi connectivity index (χ3n) is 4.86. The van der Waals surface area contributed by atoms with Crippen molar-refractivity contribution in [3.63, 3.8) is 0 Å². The van der Waals surface area contributed by atoms with Crippen molar-refractivity contribution in [3.05, 3.63) is 71.3 Å². The van der Waals surface area contributed by atoms with Crippen LogP contribution >= 0.6 is 0 Å². The summed E-state index contributed by atoms with van der Waals surface area (Å²) < 4.78 is 0.